The minimum Gasteiger partial charge on any atom is -0.496 e. The molecule has 0 radical (unpaired) electrons. The van der Waals surface area contributed by atoms with Crippen molar-refractivity contribution < 1.29 is 23.4 Å². The molecule has 4 aromatic rings. The minimum absolute atomic E-state index is 0.182. The number of allylic oxidation sites excluding steroid dienone is 1. The Bertz CT molecular complexity index is 1400. The Labute approximate surface area is 190 Å². The van der Waals surface area contributed by atoms with Crippen LogP contribution in [0.5, 0.6) is 17.2 Å². The summed E-state index contributed by atoms with van der Waals surface area (Å²) in [6, 6.07) is 19.7. The zero-order valence-electron chi connectivity index (χ0n) is 18.5. The molecule has 1 aromatic heterocycles. The summed E-state index contributed by atoms with van der Waals surface area (Å²) in [6.07, 6.45) is 3.06. The molecule has 0 bridgehead atoms. The maximum absolute atomic E-state index is 13.3. The van der Waals surface area contributed by atoms with Gasteiger partial charge >= 0.3 is 5.63 Å². The van der Waals surface area contributed by atoms with Gasteiger partial charge in [0.05, 0.1) is 21.3 Å². The van der Waals surface area contributed by atoms with Gasteiger partial charge < -0.3 is 18.6 Å². The number of carbonyl (C=O) groups is 1. The number of hydrogen-bond donors (Lipinski definition) is 0. The van der Waals surface area contributed by atoms with Crippen molar-refractivity contribution in [3.63, 3.8) is 0 Å². The first kappa shape index (κ1) is 21.9. The molecule has 0 saturated carbocycles. The van der Waals surface area contributed by atoms with Crippen LogP contribution in [-0.2, 0) is 0 Å². The Hall–Kier alpha value is -4.32. The highest BCUT2D eigenvalue weighted by atomic mass is 16.5. The van der Waals surface area contributed by atoms with Crippen molar-refractivity contribution in [2.45, 2.75) is 0 Å². The molecule has 3 aromatic carbocycles. The maximum Gasteiger partial charge on any atom is 0.336 e. The molecule has 33 heavy (non-hydrogen) atoms. The van der Waals surface area contributed by atoms with Gasteiger partial charge in [-0.1, -0.05) is 42.5 Å². The normalized spacial score (nSPS) is 11.0. The molecule has 0 aliphatic heterocycles. The lowest BCUT2D eigenvalue weighted by molar-refractivity contribution is 0.104. The van der Waals surface area contributed by atoms with Gasteiger partial charge in [0.15, 0.2) is 22.9 Å². The monoisotopic (exact) mass is 442 g/mol. The third kappa shape index (κ3) is 4.36. The first-order chi connectivity index (χ1) is 16.0. The van der Waals surface area contributed by atoms with E-state index in [4.69, 9.17) is 18.6 Å². The summed E-state index contributed by atoms with van der Waals surface area (Å²) < 4.78 is 21.5. The van der Waals surface area contributed by atoms with Crippen LogP contribution in [0.15, 0.2) is 82.0 Å². The van der Waals surface area contributed by atoms with E-state index in [1.807, 2.05) is 30.3 Å². The molecule has 6 nitrogen and oxygen atoms in total. The summed E-state index contributed by atoms with van der Waals surface area (Å²) in [5, 5.41) is 0.643. The minimum atomic E-state index is -0.549. The van der Waals surface area contributed by atoms with Crippen LogP contribution in [0.4, 0.5) is 0 Å². The van der Waals surface area contributed by atoms with Crippen molar-refractivity contribution in [1.82, 2.24) is 0 Å². The Morgan fingerprint density at radius 1 is 0.818 bits per heavy atom. The van der Waals surface area contributed by atoms with Crippen LogP contribution in [0.1, 0.15) is 15.9 Å². The summed E-state index contributed by atoms with van der Waals surface area (Å²) in [5.74, 6) is 1.10. The average Bonchev–Trinajstić information content (AvgIpc) is 2.86. The number of ether oxygens (including phenoxy) is 3. The quantitative estimate of drug-likeness (QED) is 0.217. The maximum atomic E-state index is 13.3. The summed E-state index contributed by atoms with van der Waals surface area (Å²) in [6.45, 7) is 0. The largest absolute Gasteiger partial charge is 0.496 e. The highest BCUT2D eigenvalue weighted by Crippen LogP contribution is 2.34. The van der Waals surface area contributed by atoms with Gasteiger partial charge in [0.25, 0.3) is 0 Å². The SMILES string of the molecule is COc1ccc(C=CC(=O)c2c(OC)ccc3c(-c4ccccc4)cc(=O)oc23)cc1OC. The van der Waals surface area contributed by atoms with Crippen LogP contribution in [0.3, 0.4) is 0 Å². The molecule has 0 spiro atoms. The second-order valence-electron chi connectivity index (χ2n) is 7.18. The second-order valence-corrected chi connectivity index (χ2v) is 7.18. The van der Waals surface area contributed by atoms with Gasteiger partial charge in [0.2, 0.25) is 0 Å². The average molecular weight is 442 g/mol. The molecular weight excluding hydrogens is 420 g/mol. The van der Waals surface area contributed by atoms with Crippen molar-refractivity contribution in [2.24, 2.45) is 0 Å². The number of hydrogen-bond acceptors (Lipinski definition) is 6. The molecule has 0 unspecified atom stereocenters. The Kier molecular flexibility index (Phi) is 6.26. The Morgan fingerprint density at radius 3 is 2.21 bits per heavy atom. The third-order valence-corrected chi connectivity index (χ3v) is 5.26. The number of rotatable bonds is 7. The van der Waals surface area contributed by atoms with Gasteiger partial charge in [0, 0.05) is 11.5 Å². The standard InChI is InChI=1S/C27H22O6/c1-30-22-13-10-17(15-24(22)32-3)9-12-21(28)26-23(31-2)14-11-19-20(16-25(29)33-27(19)26)18-7-5-4-6-8-18/h4-16H,1-3H3. The van der Waals surface area contributed by atoms with Crippen LogP contribution >= 0.6 is 0 Å². The van der Waals surface area contributed by atoms with E-state index >= 15 is 0 Å². The van der Waals surface area contributed by atoms with Gasteiger partial charge in [0.1, 0.15) is 11.3 Å². The van der Waals surface area contributed by atoms with Crippen LogP contribution in [0.25, 0.3) is 28.2 Å². The molecule has 0 aliphatic rings. The lowest BCUT2D eigenvalue weighted by Gasteiger charge is -2.11. The molecule has 0 amide bonds. The summed E-state index contributed by atoms with van der Waals surface area (Å²) >= 11 is 0. The smallest absolute Gasteiger partial charge is 0.336 e. The van der Waals surface area contributed by atoms with E-state index in [-0.39, 0.29) is 16.9 Å². The van der Waals surface area contributed by atoms with Crippen molar-refractivity contribution in [2.75, 3.05) is 21.3 Å². The molecular formula is C27H22O6. The van der Waals surface area contributed by atoms with E-state index in [0.29, 0.717) is 28.2 Å². The molecule has 0 N–H and O–H groups in total. The highest BCUT2D eigenvalue weighted by molar-refractivity contribution is 6.16. The molecule has 0 saturated heterocycles. The lowest BCUT2D eigenvalue weighted by atomic mass is 9.98. The molecule has 0 atom stereocenters. The zero-order chi connectivity index (χ0) is 23.4. The van der Waals surface area contributed by atoms with Crippen LogP contribution < -0.4 is 19.8 Å². The first-order valence-electron chi connectivity index (χ1n) is 10.2. The molecule has 0 fully saturated rings. The first-order valence-corrected chi connectivity index (χ1v) is 10.2. The van der Waals surface area contributed by atoms with Gasteiger partial charge in [-0.2, -0.15) is 0 Å². The van der Waals surface area contributed by atoms with E-state index in [1.165, 1.54) is 19.3 Å². The predicted octanol–water partition coefficient (Wildman–Crippen LogP) is 5.38. The van der Waals surface area contributed by atoms with E-state index in [1.54, 1.807) is 50.6 Å². The van der Waals surface area contributed by atoms with Crippen molar-refractivity contribution in [3.05, 3.63) is 94.4 Å². The number of fused-ring (bicyclic) bond motifs is 1. The predicted molar refractivity (Wildman–Crippen MR) is 127 cm³/mol. The zero-order valence-corrected chi connectivity index (χ0v) is 18.5. The van der Waals surface area contributed by atoms with Gasteiger partial charge in [-0.05, 0) is 47.0 Å². The molecule has 166 valence electrons. The van der Waals surface area contributed by atoms with E-state index in [2.05, 4.69) is 0 Å². The van der Waals surface area contributed by atoms with Crippen molar-refractivity contribution in [3.8, 4) is 28.4 Å². The topological polar surface area (TPSA) is 75.0 Å². The fourth-order valence-electron chi connectivity index (χ4n) is 3.68. The van der Waals surface area contributed by atoms with E-state index in [0.717, 1.165) is 11.1 Å². The Balaban J connectivity index is 1.83. The number of ketones is 1. The second kappa shape index (κ2) is 9.44. The molecule has 4 rings (SSSR count). The Morgan fingerprint density at radius 2 is 1.52 bits per heavy atom. The van der Waals surface area contributed by atoms with Gasteiger partial charge in [-0.3, -0.25) is 4.79 Å². The van der Waals surface area contributed by atoms with Crippen LogP contribution in [-0.4, -0.2) is 27.1 Å². The molecule has 6 heteroatoms. The van der Waals surface area contributed by atoms with E-state index in [9.17, 15) is 9.59 Å². The highest BCUT2D eigenvalue weighted by Gasteiger charge is 2.20. The van der Waals surface area contributed by atoms with Gasteiger partial charge in [-0.25, -0.2) is 4.79 Å². The summed E-state index contributed by atoms with van der Waals surface area (Å²) in [7, 11) is 4.57. The van der Waals surface area contributed by atoms with Crippen LogP contribution in [0.2, 0.25) is 0 Å². The van der Waals surface area contributed by atoms with Gasteiger partial charge in [-0.15, -0.1) is 0 Å². The summed E-state index contributed by atoms with van der Waals surface area (Å²) in [4.78, 5) is 25.7. The van der Waals surface area contributed by atoms with Crippen molar-refractivity contribution >= 4 is 22.8 Å². The lowest BCUT2D eigenvalue weighted by Crippen LogP contribution is -2.05. The fraction of sp³-hybridized carbons (Fsp3) is 0.111. The summed E-state index contributed by atoms with van der Waals surface area (Å²) in [5.41, 5.74) is 2.09. The van der Waals surface area contributed by atoms with Crippen molar-refractivity contribution in [1.29, 1.82) is 0 Å². The fourth-order valence-corrected chi connectivity index (χ4v) is 3.68. The van der Waals surface area contributed by atoms with Crippen LogP contribution in [0, 0.1) is 0 Å². The third-order valence-electron chi connectivity index (χ3n) is 5.26. The molecule has 0 aliphatic carbocycles. The van der Waals surface area contributed by atoms with E-state index < -0.39 is 5.63 Å². The number of carbonyl (C=O) groups excluding carboxylic acids is 1. The molecule has 1 heterocycles. The number of benzene rings is 3. The number of methoxy groups -OCH3 is 3.